The highest BCUT2D eigenvalue weighted by Crippen LogP contribution is 2.37. The molecule has 4 heterocycles. The van der Waals surface area contributed by atoms with Crippen molar-refractivity contribution >= 4 is 11.7 Å². The van der Waals surface area contributed by atoms with E-state index in [4.69, 9.17) is 0 Å². The Bertz CT molecular complexity index is 1040. The lowest BCUT2D eigenvalue weighted by atomic mass is 10.0. The van der Waals surface area contributed by atoms with Gasteiger partial charge in [0.15, 0.2) is 11.6 Å². The molecule has 156 valence electrons. The van der Waals surface area contributed by atoms with Gasteiger partial charge in [-0.1, -0.05) is 13.2 Å². The van der Waals surface area contributed by atoms with Crippen LogP contribution in [0.3, 0.4) is 0 Å². The Morgan fingerprint density at radius 3 is 2.97 bits per heavy atom. The summed E-state index contributed by atoms with van der Waals surface area (Å²) >= 11 is 0. The van der Waals surface area contributed by atoms with Crippen molar-refractivity contribution in [3.8, 4) is 11.3 Å². The molecule has 2 aliphatic heterocycles. The average molecular weight is 408 g/mol. The monoisotopic (exact) mass is 408 g/mol. The quantitative estimate of drug-likeness (QED) is 0.718. The molecule has 0 spiro atoms. The highest BCUT2D eigenvalue weighted by Gasteiger charge is 2.32. The number of hydrogen-bond donors (Lipinski definition) is 2. The van der Waals surface area contributed by atoms with E-state index in [0.717, 1.165) is 43.5 Å². The van der Waals surface area contributed by atoms with Gasteiger partial charge in [0.2, 0.25) is 0 Å². The molecule has 1 unspecified atom stereocenters. The predicted octanol–water partition coefficient (Wildman–Crippen LogP) is 3.24. The molecular weight excluding hydrogens is 383 g/mol. The van der Waals surface area contributed by atoms with Gasteiger partial charge in [-0.3, -0.25) is 9.48 Å². The first-order valence-electron chi connectivity index (χ1n) is 10.4. The molecule has 1 saturated carbocycles. The lowest BCUT2D eigenvalue weighted by Gasteiger charge is -2.35. The average Bonchev–Trinajstić information content (AvgIpc) is 3.36. The van der Waals surface area contributed by atoms with E-state index in [1.807, 2.05) is 10.9 Å². The molecule has 30 heavy (non-hydrogen) atoms. The summed E-state index contributed by atoms with van der Waals surface area (Å²) in [7, 11) is 0. The number of fused-ring (bicyclic) bond motifs is 1. The standard InChI is InChI=1S/C22H25FN6O/c1-3-13(2)28-8-4-5-15(12-28)26-21-19(23)17-10-24-22(30)18(17)20(27-21)14-9-25-29(11-14)16-6-7-16/h3,9,11,15-16H,1-2,4-8,10,12H2,(H,24,30)(H,26,27). The number of halogens is 1. The zero-order chi connectivity index (χ0) is 20.8. The van der Waals surface area contributed by atoms with Crippen molar-refractivity contribution < 1.29 is 9.18 Å². The smallest absolute Gasteiger partial charge is 0.254 e. The van der Waals surface area contributed by atoms with Gasteiger partial charge in [-0.05, 0) is 31.8 Å². The molecule has 1 aliphatic carbocycles. The van der Waals surface area contributed by atoms with Gasteiger partial charge in [-0.2, -0.15) is 5.10 Å². The molecule has 7 nitrogen and oxygen atoms in total. The number of likely N-dealkylation sites (tertiary alicyclic amines) is 1. The van der Waals surface area contributed by atoms with Crippen LogP contribution in [0.15, 0.2) is 37.3 Å². The van der Waals surface area contributed by atoms with Gasteiger partial charge in [0.05, 0.1) is 23.5 Å². The van der Waals surface area contributed by atoms with E-state index >= 15 is 4.39 Å². The highest BCUT2D eigenvalue weighted by molar-refractivity contribution is 6.04. The molecule has 3 aliphatic rings. The van der Waals surface area contributed by atoms with Crippen LogP contribution < -0.4 is 10.6 Å². The van der Waals surface area contributed by atoms with Crippen molar-refractivity contribution in [2.75, 3.05) is 18.4 Å². The third-order valence-electron chi connectivity index (χ3n) is 6.09. The molecule has 1 amide bonds. The van der Waals surface area contributed by atoms with Crippen molar-refractivity contribution in [1.82, 2.24) is 25.0 Å². The van der Waals surface area contributed by atoms with Gasteiger partial charge in [-0.15, -0.1) is 0 Å². The fourth-order valence-corrected chi connectivity index (χ4v) is 4.26. The first-order valence-corrected chi connectivity index (χ1v) is 10.4. The largest absolute Gasteiger partial charge is 0.370 e. The molecule has 8 heteroatoms. The number of aromatic nitrogens is 3. The number of carbonyl (C=O) groups is 1. The normalized spacial score (nSPS) is 20.6. The van der Waals surface area contributed by atoms with Crippen LogP contribution in [0.1, 0.15) is 47.6 Å². The number of pyridine rings is 1. The van der Waals surface area contributed by atoms with Crippen LogP contribution in [0, 0.1) is 5.82 Å². The maximum atomic E-state index is 15.3. The Morgan fingerprint density at radius 1 is 1.37 bits per heavy atom. The SMILES string of the molecule is C=CC(=C)N1CCCC(Nc2nc(-c3cnn(C4CC4)c3)c3c(c2F)CNC3=O)C1. The van der Waals surface area contributed by atoms with Crippen LogP contribution in [-0.2, 0) is 6.54 Å². The summed E-state index contributed by atoms with van der Waals surface area (Å²) in [6, 6.07) is 0.451. The fraction of sp³-hybridized carbons (Fsp3) is 0.409. The second-order valence-electron chi connectivity index (χ2n) is 8.22. The Morgan fingerprint density at radius 2 is 2.20 bits per heavy atom. The molecule has 2 fully saturated rings. The van der Waals surface area contributed by atoms with Crippen molar-refractivity contribution in [3.63, 3.8) is 0 Å². The maximum Gasteiger partial charge on any atom is 0.254 e. The van der Waals surface area contributed by atoms with Crippen LogP contribution in [0.25, 0.3) is 11.3 Å². The minimum atomic E-state index is -0.457. The number of rotatable bonds is 6. The van der Waals surface area contributed by atoms with Gasteiger partial charge in [0.1, 0.15) is 0 Å². The molecule has 1 atom stereocenters. The number of carbonyl (C=O) groups excluding carboxylic acids is 1. The second-order valence-corrected chi connectivity index (χ2v) is 8.22. The lowest BCUT2D eigenvalue weighted by molar-refractivity contribution is 0.0966. The minimum Gasteiger partial charge on any atom is -0.370 e. The van der Waals surface area contributed by atoms with Crippen LogP contribution in [0.2, 0.25) is 0 Å². The van der Waals surface area contributed by atoms with E-state index < -0.39 is 5.82 Å². The van der Waals surface area contributed by atoms with Crippen LogP contribution in [0.5, 0.6) is 0 Å². The topological polar surface area (TPSA) is 75.1 Å². The number of piperidine rings is 1. The summed E-state index contributed by atoms with van der Waals surface area (Å²) < 4.78 is 17.2. The maximum absolute atomic E-state index is 15.3. The fourth-order valence-electron chi connectivity index (χ4n) is 4.26. The molecule has 5 rings (SSSR count). The summed E-state index contributed by atoms with van der Waals surface area (Å²) in [6.07, 6.45) is 9.45. The Kier molecular flexibility index (Phi) is 4.56. The van der Waals surface area contributed by atoms with E-state index in [1.165, 1.54) is 0 Å². The first kappa shape index (κ1) is 18.8. The second kappa shape index (κ2) is 7.27. The van der Waals surface area contributed by atoms with E-state index in [-0.39, 0.29) is 24.3 Å². The van der Waals surface area contributed by atoms with Gasteiger partial charge >= 0.3 is 0 Å². The van der Waals surface area contributed by atoms with E-state index in [2.05, 4.69) is 38.8 Å². The molecule has 0 aromatic carbocycles. The third-order valence-corrected chi connectivity index (χ3v) is 6.09. The van der Waals surface area contributed by atoms with Gasteiger partial charge in [0.25, 0.3) is 5.91 Å². The van der Waals surface area contributed by atoms with Crippen molar-refractivity contribution in [3.05, 3.63) is 54.3 Å². The van der Waals surface area contributed by atoms with Crippen LogP contribution in [0.4, 0.5) is 10.2 Å². The number of hydrogen-bond acceptors (Lipinski definition) is 5. The molecule has 2 N–H and O–H groups in total. The molecule has 2 aromatic rings. The van der Waals surface area contributed by atoms with E-state index in [9.17, 15) is 4.79 Å². The number of amides is 1. The highest BCUT2D eigenvalue weighted by atomic mass is 19.1. The molecule has 2 aromatic heterocycles. The van der Waals surface area contributed by atoms with E-state index in [0.29, 0.717) is 29.4 Å². The van der Waals surface area contributed by atoms with Crippen molar-refractivity contribution in [1.29, 1.82) is 0 Å². The van der Waals surface area contributed by atoms with Gasteiger partial charge in [-0.25, -0.2) is 9.37 Å². The Hall–Kier alpha value is -3.16. The molecular formula is C22H25FN6O. The number of allylic oxidation sites excluding steroid dienone is 1. The third kappa shape index (κ3) is 3.26. The minimum absolute atomic E-state index is 0.0302. The number of nitrogens with one attached hydrogen (secondary N) is 2. The first-order chi connectivity index (χ1) is 14.5. The zero-order valence-corrected chi connectivity index (χ0v) is 16.8. The molecule has 1 saturated heterocycles. The summed E-state index contributed by atoms with van der Waals surface area (Å²) in [4.78, 5) is 19.2. The van der Waals surface area contributed by atoms with Crippen LogP contribution in [-0.4, -0.2) is 44.7 Å². The van der Waals surface area contributed by atoms with Gasteiger partial charge in [0, 0.05) is 48.7 Å². The lowest BCUT2D eigenvalue weighted by Crippen LogP contribution is -2.41. The molecule has 0 bridgehead atoms. The van der Waals surface area contributed by atoms with Gasteiger partial charge < -0.3 is 15.5 Å². The van der Waals surface area contributed by atoms with E-state index in [1.54, 1.807) is 12.3 Å². The Labute approximate surface area is 174 Å². The summed E-state index contributed by atoms with van der Waals surface area (Å²) in [5.41, 5.74) is 2.78. The summed E-state index contributed by atoms with van der Waals surface area (Å²) in [5, 5.41) is 10.4. The summed E-state index contributed by atoms with van der Waals surface area (Å²) in [6.45, 7) is 9.60. The van der Waals surface area contributed by atoms with Crippen LogP contribution >= 0.6 is 0 Å². The number of nitrogens with zero attached hydrogens (tertiary/aromatic N) is 4. The van der Waals surface area contributed by atoms with Crippen molar-refractivity contribution in [2.24, 2.45) is 0 Å². The molecule has 0 radical (unpaired) electrons. The summed E-state index contributed by atoms with van der Waals surface area (Å²) in [5.74, 6) is -0.555. The predicted molar refractivity (Wildman–Crippen MR) is 112 cm³/mol. The Balaban J connectivity index is 1.49. The van der Waals surface area contributed by atoms with Crippen molar-refractivity contribution in [2.45, 2.75) is 44.3 Å². The zero-order valence-electron chi connectivity index (χ0n) is 16.8. The number of anilines is 1.